The highest BCUT2D eigenvalue weighted by molar-refractivity contribution is 5.77. The summed E-state index contributed by atoms with van der Waals surface area (Å²) in [6.45, 7) is 0. The molecule has 1 N–H and O–H groups in total. The number of rotatable bonds is 0. The minimum atomic E-state index is -0.237. The summed E-state index contributed by atoms with van der Waals surface area (Å²) >= 11 is 0. The van der Waals surface area contributed by atoms with Crippen molar-refractivity contribution in [2.24, 2.45) is 7.05 Å². The van der Waals surface area contributed by atoms with Crippen molar-refractivity contribution in [2.75, 3.05) is 0 Å². The summed E-state index contributed by atoms with van der Waals surface area (Å²) in [5.74, 6) is 0. The van der Waals surface area contributed by atoms with E-state index in [2.05, 4.69) is 15.2 Å². The fourth-order valence-corrected chi connectivity index (χ4v) is 1.06. The van der Waals surface area contributed by atoms with Gasteiger partial charge in [0.25, 0.3) is 5.56 Å². The van der Waals surface area contributed by atoms with Crippen molar-refractivity contribution >= 4 is 11.0 Å². The monoisotopic (exact) mass is 175 g/mol. The Hall–Kier alpha value is -2.16. The molecule has 2 rings (SSSR count). The molecule has 64 valence electrons. The molecule has 0 atom stereocenters. The number of hydrogen-bond donors (Lipinski definition) is 1. The highest BCUT2D eigenvalue weighted by Crippen LogP contribution is 2.05. The number of aromatic nitrogens is 4. The maximum atomic E-state index is 11.4. The first-order valence-corrected chi connectivity index (χ1v) is 3.54. The van der Waals surface area contributed by atoms with Gasteiger partial charge in [-0.05, 0) is 0 Å². The Morgan fingerprint density at radius 2 is 2.46 bits per heavy atom. The van der Waals surface area contributed by atoms with Crippen molar-refractivity contribution in [1.82, 2.24) is 19.7 Å². The summed E-state index contributed by atoms with van der Waals surface area (Å²) in [6, 6.07) is 1.84. The van der Waals surface area contributed by atoms with E-state index >= 15 is 0 Å². The number of nitriles is 1. The molecule has 0 amide bonds. The second-order valence-electron chi connectivity index (χ2n) is 2.57. The highest BCUT2D eigenvalue weighted by atomic mass is 16.1. The van der Waals surface area contributed by atoms with Gasteiger partial charge < -0.3 is 4.57 Å². The number of hydrogen-bond acceptors (Lipinski definition) is 4. The average molecular weight is 175 g/mol. The Labute approximate surface area is 72.4 Å². The van der Waals surface area contributed by atoms with Crippen molar-refractivity contribution in [1.29, 1.82) is 5.26 Å². The molecule has 0 aromatic carbocycles. The number of aryl methyl sites for hydroxylation is 1. The van der Waals surface area contributed by atoms with E-state index in [1.165, 1.54) is 10.9 Å². The molecule has 0 spiro atoms. The van der Waals surface area contributed by atoms with Crippen LogP contribution in [0.4, 0.5) is 0 Å². The Balaban J connectivity index is 3.00. The second kappa shape index (κ2) is 2.42. The predicted octanol–water partition coefficient (Wildman–Crippen LogP) is -0.472. The number of H-pyrrole nitrogens is 1. The summed E-state index contributed by atoms with van der Waals surface area (Å²) in [7, 11) is 1.58. The standard InChI is InChI=1S/C7H5N5O/c1-12-3-9-5-4(2-8)10-11-6(5)7(12)13/h3H,1H3,(H,10,11). The van der Waals surface area contributed by atoms with Crippen LogP contribution >= 0.6 is 0 Å². The molecule has 0 aliphatic heterocycles. The molecule has 2 aromatic heterocycles. The largest absolute Gasteiger partial charge is 0.301 e. The molecule has 0 bridgehead atoms. The Kier molecular flexibility index (Phi) is 1.39. The third-order valence-corrected chi connectivity index (χ3v) is 1.74. The van der Waals surface area contributed by atoms with Gasteiger partial charge in [-0.2, -0.15) is 10.4 Å². The van der Waals surface area contributed by atoms with E-state index in [9.17, 15) is 4.79 Å². The number of aromatic amines is 1. The molecular weight excluding hydrogens is 170 g/mol. The van der Waals surface area contributed by atoms with Crippen LogP contribution in [-0.2, 0) is 7.05 Å². The SMILES string of the molecule is Cn1cnc2c(C#N)n[nH]c2c1=O. The molecule has 0 aliphatic rings. The third-order valence-electron chi connectivity index (χ3n) is 1.74. The average Bonchev–Trinajstić information content (AvgIpc) is 2.55. The first kappa shape index (κ1) is 7.49. The first-order chi connectivity index (χ1) is 6.24. The number of nitrogens with one attached hydrogen (secondary N) is 1. The van der Waals surface area contributed by atoms with E-state index in [-0.39, 0.29) is 16.8 Å². The minimum absolute atomic E-state index is 0.146. The zero-order valence-electron chi connectivity index (χ0n) is 6.77. The molecule has 0 unspecified atom stereocenters. The Bertz CT molecular complexity index is 558. The van der Waals surface area contributed by atoms with Crippen molar-refractivity contribution in [3.05, 3.63) is 22.4 Å². The van der Waals surface area contributed by atoms with Crippen LogP contribution in [-0.4, -0.2) is 19.7 Å². The zero-order valence-corrected chi connectivity index (χ0v) is 6.77. The van der Waals surface area contributed by atoms with Gasteiger partial charge in [-0.1, -0.05) is 0 Å². The van der Waals surface area contributed by atoms with E-state index < -0.39 is 0 Å². The van der Waals surface area contributed by atoms with Gasteiger partial charge in [0.1, 0.15) is 11.6 Å². The van der Waals surface area contributed by atoms with E-state index in [1.807, 2.05) is 6.07 Å². The van der Waals surface area contributed by atoms with Gasteiger partial charge in [0.2, 0.25) is 0 Å². The molecule has 13 heavy (non-hydrogen) atoms. The smallest absolute Gasteiger partial charge is 0.279 e. The van der Waals surface area contributed by atoms with Gasteiger partial charge in [0.15, 0.2) is 11.2 Å². The maximum absolute atomic E-state index is 11.4. The third kappa shape index (κ3) is 0.906. The lowest BCUT2D eigenvalue weighted by Gasteiger charge is -1.93. The minimum Gasteiger partial charge on any atom is -0.301 e. The molecule has 2 aromatic rings. The van der Waals surface area contributed by atoms with Gasteiger partial charge in [-0.25, -0.2) is 4.98 Å². The van der Waals surface area contributed by atoms with Gasteiger partial charge in [0, 0.05) is 7.05 Å². The van der Waals surface area contributed by atoms with Crippen molar-refractivity contribution in [2.45, 2.75) is 0 Å². The molecule has 0 aliphatic carbocycles. The van der Waals surface area contributed by atoms with E-state index in [0.29, 0.717) is 5.52 Å². The summed E-state index contributed by atoms with van der Waals surface area (Å²) in [5.41, 5.74) is 0.499. The van der Waals surface area contributed by atoms with E-state index in [1.54, 1.807) is 7.05 Å². The molecule has 0 radical (unpaired) electrons. The van der Waals surface area contributed by atoms with Crippen LogP contribution in [0.2, 0.25) is 0 Å². The molecule has 6 heteroatoms. The van der Waals surface area contributed by atoms with Crippen LogP contribution in [0.3, 0.4) is 0 Å². The summed E-state index contributed by atoms with van der Waals surface area (Å²) in [5, 5.41) is 14.7. The van der Waals surface area contributed by atoms with Crippen LogP contribution in [0, 0.1) is 11.3 Å². The van der Waals surface area contributed by atoms with Gasteiger partial charge in [-0.15, -0.1) is 0 Å². The number of nitrogens with zero attached hydrogens (tertiary/aromatic N) is 4. The predicted molar refractivity (Wildman–Crippen MR) is 43.8 cm³/mol. The van der Waals surface area contributed by atoms with E-state index in [4.69, 9.17) is 5.26 Å². The highest BCUT2D eigenvalue weighted by Gasteiger charge is 2.09. The molecule has 2 heterocycles. The quantitative estimate of drug-likeness (QED) is 0.586. The van der Waals surface area contributed by atoms with Gasteiger partial charge in [0.05, 0.1) is 6.33 Å². The van der Waals surface area contributed by atoms with Crippen LogP contribution in [0.5, 0.6) is 0 Å². The fraction of sp³-hybridized carbons (Fsp3) is 0.143. The van der Waals surface area contributed by atoms with Crippen molar-refractivity contribution in [3.63, 3.8) is 0 Å². The zero-order chi connectivity index (χ0) is 9.42. The molecule has 0 saturated heterocycles. The van der Waals surface area contributed by atoms with Crippen molar-refractivity contribution < 1.29 is 0 Å². The number of fused-ring (bicyclic) bond motifs is 1. The van der Waals surface area contributed by atoms with Crippen molar-refractivity contribution in [3.8, 4) is 6.07 Å². The maximum Gasteiger partial charge on any atom is 0.279 e. The van der Waals surface area contributed by atoms with Crippen LogP contribution in [0.1, 0.15) is 5.69 Å². The van der Waals surface area contributed by atoms with Crippen LogP contribution < -0.4 is 5.56 Å². The summed E-state index contributed by atoms with van der Waals surface area (Å²) < 4.78 is 1.32. The van der Waals surface area contributed by atoms with Gasteiger partial charge >= 0.3 is 0 Å². The first-order valence-electron chi connectivity index (χ1n) is 3.54. The lowest BCUT2D eigenvalue weighted by molar-refractivity contribution is 0.839. The van der Waals surface area contributed by atoms with Crippen LogP contribution in [0.15, 0.2) is 11.1 Å². The Morgan fingerprint density at radius 3 is 3.15 bits per heavy atom. The molecular formula is C7H5N5O. The molecule has 0 saturated carbocycles. The molecule has 0 fully saturated rings. The summed E-state index contributed by atoms with van der Waals surface area (Å²) in [4.78, 5) is 15.3. The lowest BCUT2D eigenvalue weighted by atomic mass is 10.3. The lowest BCUT2D eigenvalue weighted by Crippen LogP contribution is -2.16. The Morgan fingerprint density at radius 1 is 1.69 bits per heavy atom. The topological polar surface area (TPSA) is 87.4 Å². The van der Waals surface area contributed by atoms with Crippen LogP contribution in [0.25, 0.3) is 11.0 Å². The second-order valence-corrected chi connectivity index (χ2v) is 2.57. The summed E-state index contributed by atoms with van der Waals surface area (Å²) in [6.07, 6.45) is 1.36. The molecule has 6 nitrogen and oxygen atoms in total. The normalized spacial score (nSPS) is 10.2. The fourth-order valence-electron chi connectivity index (χ4n) is 1.06. The van der Waals surface area contributed by atoms with Gasteiger partial charge in [-0.3, -0.25) is 9.89 Å². The van der Waals surface area contributed by atoms with E-state index in [0.717, 1.165) is 0 Å².